The summed E-state index contributed by atoms with van der Waals surface area (Å²) in [4.78, 5) is 13.3. The first-order valence-electron chi connectivity index (χ1n) is 4.97. The number of aryl methyl sites for hydroxylation is 1. The molecular formula is C11H16O2S. The van der Waals surface area contributed by atoms with Crippen molar-refractivity contribution in [1.82, 2.24) is 0 Å². The third kappa shape index (κ3) is 2.84. The summed E-state index contributed by atoms with van der Waals surface area (Å²) >= 11 is 1.73. The normalized spacial score (nSPS) is 12.7. The number of carbonyl (C=O) groups is 1. The van der Waals surface area contributed by atoms with E-state index in [1.54, 1.807) is 11.3 Å². The van der Waals surface area contributed by atoms with Crippen LogP contribution < -0.4 is 0 Å². The molecule has 14 heavy (non-hydrogen) atoms. The fourth-order valence-corrected chi connectivity index (χ4v) is 2.41. The first kappa shape index (κ1) is 11.2. The molecule has 0 spiro atoms. The Morgan fingerprint density at radius 2 is 2.07 bits per heavy atom. The van der Waals surface area contributed by atoms with Crippen LogP contribution in [0, 0.1) is 5.92 Å². The first-order chi connectivity index (χ1) is 6.67. The van der Waals surface area contributed by atoms with Gasteiger partial charge in [-0.15, -0.1) is 11.3 Å². The number of rotatable bonds is 5. The van der Waals surface area contributed by atoms with Gasteiger partial charge in [0.1, 0.15) is 0 Å². The minimum Gasteiger partial charge on any atom is -0.481 e. The Kier molecular flexibility index (Phi) is 4.14. The molecule has 0 saturated carbocycles. The summed E-state index contributed by atoms with van der Waals surface area (Å²) < 4.78 is 0. The lowest BCUT2D eigenvalue weighted by atomic mass is 10.0. The highest BCUT2D eigenvalue weighted by Crippen LogP contribution is 2.21. The molecule has 1 heterocycles. The summed E-state index contributed by atoms with van der Waals surface area (Å²) in [5, 5.41) is 8.90. The van der Waals surface area contributed by atoms with Crippen molar-refractivity contribution in [2.24, 2.45) is 5.92 Å². The van der Waals surface area contributed by atoms with Crippen molar-refractivity contribution in [1.29, 1.82) is 0 Å². The molecule has 78 valence electrons. The molecular weight excluding hydrogens is 196 g/mol. The molecule has 0 saturated heterocycles. The average Bonchev–Trinajstić information content (AvgIpc) is 2.61. The lowest BCUT2D eigenvalue weighted by molar-refractivity contribution is -0.141. The maximum absolute atomic E-state index is 10.8. The van der Waals surface area contributed by atoms with Crippen LogP contribution in [0.2, 0.25) is 0 Å². The van der Waals surface area contributed by atoms with E-state index in [-0.39, 0.29) is 5.92 Å². The smallest absolute Gasteiger partial charge is 0.306 e. The Bertz CT molecular complexity index is 304. The molecule has 3 heteroatoms. The molecule has 0 bridgehead atoms. The SMILES string of the molecule is CCc1ccc(CC(CC)C(=O)O)s1. The van der Waals surface area contributed by atoms with E-state index in [0.29, 0.717) is 12.8 Å². The van der Waals surface area contributed by atoms with E-state index in [1.165, 1.54) is 9.75 Å². The second kappa shape index (κ2) is 5.15. The maximum Gasteiger partial charge on any atom is 0.306 e. The van der Waals surface area contributed by atoms with Gasteiger partial charge in [0, 0.05) is 9.75 Å². The second-order valence-corrected chi connectivity index (χ2v) is 4.62. The van der Waals surface area contributed by atoms with Crippen LogP contribution in [0.4, 0.5) is 0 Å². The summed E-state index contributed by atoms with van der Waals surface area (Å²) in [6.45, 7) is 4.04. The maximum atomic E-state index is 10.8. The molecule has 1 rings (SSSR count). The van der Waals surface area contributed by atoms with E-state index in [9.17, 15) is 4.79 Å². The Morgan fingerprint density at radius 1 is 1.43 bits per heavy atom. The summed E-state index contributed by atoms with van der Waals surface area (Å²) in [7, 11) is 0. The lowest BCUT2D eigenvalue weighted by Gasteiger charge is -2.06. The van der Waals surface area contributed by atoms with Crippen molar-refractivity contribution in [3.05, 3.63) is 21.9 Å². The minimum absolute atomic E-state index is 0.224. The highest BCUT2D eigenvalue weighted by molar-refractivity contribution is 7.11. The number of carboxylic acids is 1. The second-order valence-electron chi connectivity index (χ2n) is 3.37. The zero-order valence-electron chi connectivity index (χ0n) is 8.62. The van der Waals surface area contributed by atoms with Gasteiger partial charge in [0.05, 0.1) is 5.92 Å². The molecule has 0 aromatic carbocycles. The predicted octanol–water partition coefficient (Wildman–Crippen LogP) is 2.96. The van der Waals surface area contributed by atoms with Crippen molar-refractivity contribution in [3.8, 4) is 0 Å². The molecule has 1 N–H and O–H groups in total. The van der Waals surface area contributed by atoms with Crippen LogP contribution in [0.25, 0.3) is 0 Å². The number of thiophene rings is 1. The van der Waals surface area contributed by atoms with E-state index in [2.05, 4.69) is 19.1 Å². The fourth-order valence-electron chi connectivity index (χ4n) is 1.37. The quantitative estimate of drug-likeness (QED) is 0.814. The minimum atomic E-state index is -0.682. The molecule has 2 nitrogen and oxygen atoms in total. The van der Waals surface area contributed by atoms with Gasteiger partial charge in [-0.05, 0) is 31.4 Å². The Labute approximate surface area is 88.6 Å². The summed E-state index contributed by atoms with van der Waals surface area (Å²) in [5.74, 6) is -0.905. The average molecular weight is 212 g/mol. The topological polar surface area (TPSA) is 37.3 Å². The van der Waals surface area contributed by atoms with Crippen molar-refractivity contribution in [2.75, 3.05) is 0 Å². The monoisotopic (exact) mass is 212 g/mol. The van der Waals surface area contributed by atoms with Crippen molar-refractivity contribution < 1.29 is 9.90 Å². The van der Waals surface area contributed by atoms with Gasteiger partial charge < -0.3 is 5.11 Å². The van der Waals surface area contributed by atoms with Crippen LogP contribution in [0.3, 0.4) is 0 Å². The number of hydrogen-bond donors (Lipinski definition) is 1. The van der Waals surface area contributed by atoms with E-state index < -0.39 is 5.97 Å². The van der Waals surface area contributed by atoms with Crippen molar-refractivity contribution in [3.63, 3.8) is 0 Å². The molecule has 1 aromatic heterocycles. The third-order valence-corrected chi connectivity index (χ3v) is 3.61. The van der Waals surface area contributed by atoms with Gasteiger partial charge >= 0.3 is 5.97 Å². The first-order valence-corrected chi connectivity index (χ1v) is 5.79. The number of carboxylic acid groups (broad SMARTS) is 1. The van der Waals surface area contributed by atoms with Crippen LogP contribution in [-0.2, 0) is 17.6 Å². The zero-order chi connectivity index (χ0) is 10.6. The number of hydrogen-bond acceptors (Lipinski definition) is 2. The largest absolute Gasteiger partial charge is 0.481 e. The van der Waals surface area contributed by atoms with Crippen molar-refractivity contribution >= 4 is 17.3 Å². The van der Waals surface area contributed by atoms with Gasteiger partial charge in [-0.2, -0.15) is 0 Å². The van der Waals surface area contributed by atoms with Gasteiger partial charge in [0.15, 0.2) is 0 Å². The van der Waals surface area contributed by atoms with Crippen LogP contribution in [-0.4, -0.2) is 11.1 Å². The van der Waals surface area contributed by atoms with Gasteiger partial charge in [-0.1, -0.05) is 13.8 Å². The van der Waals surface area contributed by atoms with Gasteiger partial charge in [0.25, 0.3) is 0 Å². The van der Waals surface area contributed by atoms with E-state index in [1.807, 2.05) is 6.92 Å². The number of aliphatic carboxylic acids is 1. The fraction of sp³-hybridized carbons (Fsp3) is 0.545. The van der Waals surface area contributed by atoms with Gasteiger partial charge in [0.2, 0.25) is 0 Å². The van der Waals surface area contributed by atoms with Gasteiger partial charge in [-0.3, -0.25) is 4.79 Å². The Morgan fingerprint density at radius 3 is 2.50 bits per heavy atom. The molecule has 0 amide bonds. The molecule has 0 aliphatic carbocycles. The highest BCUT2D eigenvalue weighted by Gasteiger charge is 2.16. The molecule has 0 fully saturated rings. The summed E-state index contributed by atoms with van der Waals surface area (Å²) in [6, 6.07) is 4.14. The van der Waals surface area contributed by atoms with Crippen LogP contribution >= 0.6 is 11.3 Å². The standard InChI is InChI=1S/C11H16O2S/c1-3-8(11(12)13)7-10-6-5-9(4-2)14-10/h5-6,8H,3-4,7H2,1-2H3,(H,12,13). The molecule has 1 unspecified atom stereocenters. The molecule has 1 atom stereocenters. The Balaban J connectivity index is 2.62. The van der Waals surface area contributed by atoms with Crippen LogP contribution in [0.5, 0.6) is 0 Å². The molecule has 0 aliphatic rings. The van der Waals surface area contributed by atoms with Crippen LogP contribution in [0.15, 0.2) is 12.1 Å². The van der Waals surface area contributed by atoms with E-state index >= 15 is 0 Å². The van der Waals surface area contributed by atoms with Crippen molar-refractivity contribution in [2.45, 2.75) is 33.1 Å². The van der Waals surface area contributed by atoms with Gasteiger partial charge in [-0.25, -0.2) is 0 Å². The van der Waals surface area contributed by atoms with Crippen LogP contribution in [0.1, 0.15) is 30.0 Å². The molecule has 0 radical (unpaired) electrons. The summed E-state index contributed by atoms with van der Waals surface area (Å²) in [5.41, 5.74) is 0. The molecule has 0 aliphatic heterocycles. The molecule has 1 aromatic rings. The Hall–Kier alpha value is -0.830. The summed E-state index contributed by atoms with van der Waals surface area (Å²) in [6.07, 6.45) is 2.42. The van der Waals surface area contributed by atoms with E-state index in [0.717, 1.165) is 6.42 Å². The highest BCUT2D eigenvalue weighted by atomic mass is 32.1. The lowest BCUT2D eigenvalue weighted by Crippen LogP contribution is -2.14. The van der Waals surface area contributed by atoms with E-state index in [4.69, 9.17) is 5.11 Å². The predicted molar refractivity (Wildman–Crippen MR) is 58.8 cm³/mol. The zero-order valence-corrected chi connectivity index (χ0v) is 9.43. The third-order valence-electron chi connectivity index (χ3n) is 2.36.